The Bertz CT molecular complexity index is 906. The molecule has 0 atom stereocenters. The smallest absolute Gasteiger partial charge is 0.289 e. The molecule has 168 valence electrons. The number of furan rings is 1. The van der Waals surface area contributed by atoms with Crippen LogP contribution in [0.25, 0.3) is 0 Å². The maximum absolute atomic E-state index is 12.5. The van der Waals surface area contributed by atoms with Crippen LogP contribution in [0.5, 0.6) is 5.75 Å². The van der Waals surface area contributed by atoms with Gasteiger partial charge >= 0.3 is 0 Å². The molecule has 2 N–H and O–H groups in total. The summed E-state index contributed by atoms with van der Waals surface area (Å²) in [4.78, 5) is 21.3. The number of carbonyl (C=O) groups excluding carboxylic acids is 1. The summed E-state index contributed by atoms with van der Waals surface area (Å²) in [5.74, 6) is 1.48. The number of rotatable bonds is 4. The molecule has 2 heterocycles. The number of benzene rings is 1. The average Bonchev–Trinajstić information content (AvgIpc) is 3.32. The fourth-order valence-corrected chi connectivity index (χ4v) is 4.33. The van der Waals surface area contributed by atoms with E-state index in [4.69, 9.17) is 9.41 Å². The second-order valence-corrected chi connectivity index (χ2v) is 7.83. The number of hydrogen-bond donors (Lipinski definition) is 2. The normalized spacial score (nSPS) is 16.5. The highest BCUT2D eigenvalue weighted by Gasteiger charge is 2.25. The minimum atomic E-state index is -0.0672. The number of phenols is 1. The molecule has 1 saturated heterocycles. The summed E-state index contributed by atoms with van der Waals surface area (Å²) in [6.45, 7) is 5.93. The maximum atomic E-state index is 12.5. The predicted molar refractivity (Wildman–Crippen MR) is 131 cm³/mol. The summed E-state index contributed by atoms with van der Waals surface area (Å²) < 4.78 is 5.24. The van der Waals surface area contributed by atoms with Gasteiger partial charge in [0, 0.05) is 38.3 Å². The van der Waals surface area contributed by atoms with E-state index in [0.717, 1.165) is 30.9 Å². The third kappa shape index (κ3) is 5.34. The van der Waals surface area contributed by atoms with Crippen LogP contribution in [0.1, 0.15) is 47.0 Å². The van der Waals surface area contributed by atoms with Crippen molar-refractivity contribution < 1.29 is 14.3 Å². The quantitative estimate of drug-likeness (QED) is 0.355. The number of phenolic OH excluding ortho intramolecular Hbond substituents is 1. The molecule has 0 saturated carbocycles. The summed E-state index contributed by atoms with van der Waals surface area (Å²) in [6.07, 6.45) is 6.00. The van der Waals surface area contributed by atoms with Crippen LogP contribution in [0.2, 0.25) is 0 Å². The van der Waals surface area contributed by atoms with Crippen molar-refractivity contribution in [3.05, 3.63) is 53.0 Å². The Morgan fingerprint density at radius 3 is 2.58 bits per heavy atom. The molecule has 0 bridgehead atoms. The molecule has 2 aliphatic rings. The summed E-state index contributed by atoms with van der Waals surface area (Å²) in [5, 5.41) is 13.8. The SMILES string of the molecule is CCNC(=NCc1c(O)ccc2c1CCCC2)N1CCN(C(=O)c2ccco2)CC1.I. The van der Waals surface area contributed by atoms with Crippen molar-refractivity contribution in [2.45, 2.75) is 39.2 Å². The van der Waals surface area contributed by atoms with Crippen LogP contribution in [0.15, 0.2) is 39.9 Å². The fourth-order valence-electron chi connectivity index (χ4n) is 4.33. The largest absolute Gasteiger partial charge is 0.508 e. The van der Waals surface area contributed by atoms with Gasteiger partial charge in [-0.1, -0.05) is 6.07 Å². The van der Waals surface area contributed by atoms with Crippen molar-refractivity contribution in [1.29, 1.82) is 0 Å². The fraction of sp³-hybridized carbons (Fsp3) is 0.478. The lowest BCUT2D eigenvalue weighted by atomic mass is 9.88. The number of carbonyl (C=O) groups is 1. The number of halogens is 1. The molecule has 2 aromatic rings. The maximum Gasteiger partial charge on any atom is 0.289 e. The molecule has 0 radical (unpaired) electrons. The van der Waals surface area contributed by atoms with E-state index in [9.17, 15) is 9.90 Å². The van der Waals surface area contributed by atoms with Crippen molar-refractivity contribution in [3.63, 3.8) is 0 Å². The number of aryl methyl sites for hydroxylation is 1. The Morgan fingerprint density at radius 1 is 1.13 bits per heavy atom. The molecule has 1 aromatic heterocycles. The molecular weight excluding hydrogens is 507 g/mol. The number of nitrogens with one attached hydrogen (secondary N) is 1. The number of aromatic hydroxyl groups is 1. The number of aliphatic imine (C=N–C) groups is 1. The monoisotopic (exact) mass is 538 g/mol. The third-order valence-corrected chi connectivity index (χ3v) is 5.95. The number of amides is 1. The molecule has 0 spiro atoms. The van der Waals surface area contributed by atoms with Crippen LogP contribution in [-0.4, -0.2) is 59.5 Å². The first kappa shape index (κ1) is 23.4. The van der Waals surface area contributed by atoms with Crippen molar-refractivity contribution in [3.8, 4) is 5.75 Å². The first-order valence-corrected chi connectivity index (χ1v) is 10.9. The van der Waals surface area contributed by atoms with Gasteiger partial charge in [-0.3, -0.25) is 4.79 Å². The molecule has 4 rings (SSSR count). The zero-order valence-corrected chi connectivity index (χ0v) is 20.3. The molecule has 1 aliphatic carbocycles. The van der Waals surface area contributed by atoms with E-state index >= 15 is 0 Å². The van der Waals surface area contributed by atoms with Crippen LogP contribution in [0.3, 0.4) is 0 Å². The Hall–Kier alpha value is -2.23. The van der Waals surface area contributed by atoms with Crippen LogP contribution in [0, 0.1) is 0 Å². The second kappa shape index (κ2) is 10.9. The molecule has 1 aromatic carbocycles. The van der Waals surface area contributed by atoms with Crippen LogP contribution in [-0.2, 0) is 19.4 Å². The zero-order valence-electron chi connectivity index (χ0n) is 18.0. The van der Waals surface area contributed by atoms with Gasteiger partial charge in [0.25, 0.3) is 5.91 Å². The minimum Gasteiger partial charge on any atom is -0.508 e. The number of fused-ring (bicyclic) bond motifs is 1. The number of guanidine groups is 1. The second-order valence-electron chi connectivity index (χ2n) is 7.83. The van der Waals surface area contributed by atoms with E-state index < -0.39 is 0 Å². The first-order chi connectivity index (χ1) is 14.7. The van der Waals surface area contributed by atoms with E-state index in [2.05, 4.69) is 16.3 Å². The molecule has 0 unspecified atom stereocenters. The van der Waals surface area contributed by atoms with Gasteiger partial charge in [-0.25, -0.2) is 4.99 Å². The average molecular weight is 538 g/mol. The number of hydrogen-bond acceptors (Lipinski definition) is 4. The Labute approximate surface area is 200 Å². The number of nitrogens with zero attached hydrogens (tertiary/aromatic N) is 3. The summed E-state index contributed by atoms with van der Waals surface area (Å²) >= 11 is 0. The molecule has 1 fully saturated rings. The van der Waals surface area contributed by atoms with Gasteiger partial charge in [0.15, 0.2) is 11.7 Å². The molecule has 8 heteroatoms. The molecule has 1 aliphatic heterocycles. The van der Waals surface area contributed by atoms with E-state index in [1.807, 2.05) is 11.8 Å². The van der Waals surface area contributed by atoms with Gasteiger partial charge in [-0.2, -0.15) is 0 Å². The lowest BCUT2D eigenvalue weighted by Crippen LogP contribution is -2.53. The van der Waals surface area contributed by atoms with Gasteiger partial charge < -0.3 is 24.6 Å². The van der Waals surface area contributed by atoms with Gasteiger partial charge in [0.2, 0.25) is 0 Å². The number of piperazine rings is 1. The van der Waals surface area contributed by atoms with Gasteiger partial charge in [-0.15, -0.1) is 24.0 Å². The zero-order chi connectivity index (χ0) is 20.9. The highest BCUT2D eigenvalue weighted by molar-refractivity contribution is 14.0. The van der Waals surface area contributed by atoms with Crippen LogP contribution < -0.4 is 5.32 Å². The van der Waals surface area contributed by atoms with E-state index in [0.29, 0.717) is 44.2 Å². The van der Waals surface area contributed by atoms with E-state index in [1.54, 1.807) is 18.2 Å². The summed E-state index contributed by atoms with van der Waals surface area (Å²) in [7, 11) is 0. The van der Waals surface area contributed by atoms with Crippen molar-refractivity contribution in [2.75, 3.05) is 32.7 Å². The summed E-state index contributed by atoms with van der Waals surface area (Å²) in [5.41, 5.74) is 3.57. The Balaban J connectivity index is 0.00000272. The third-order valence-electron chi connectivity index (χ3n) is 5.95. The topological polar surface area (TPSA) is 81.3 Å². The van der Waals surface area contributed by atoms with Crippen molar-refractivity contribution >= 4 is 35.8 Å². The lowest BCUT2D eigenvalue weighted by molar-refractivity contribution is 0.0657. The van der Waals surface area contributed by atoms with Gasteiger partial charge in [0.05, 0.1) is 12.8 Å². The van der Waals surface area contributed by atoms with Crippen LogP contribution >= 0.6 is 24.0 Å². The van der Waals surface area contributed by atoms with E-state index in [1.165, 1.54) is 30.2 Å². The Morgan fingerprint density at radius 2 is 1.87 bits per heavy atom. The first-order valence-electron chi connectivity index (χ1n) is 10.9. The highest BCUT2D eigenvalue weighted by atomic mass is 127. The van der Waals surface area contributed by atoms with Gasteiger partial charge in [0.1, 0.15) is 5.75 Å². The molecule has 31 heavy (non-hydrogen) atoms. The summed E-state index contributed by atoms with van der Waals surface area (Å²) in [6, 6.07) is 7.29. The predicted octanol–water partition coefficient (Wildman–Crippen LogP) is 3.41. The van der Waals surface area contributed by atoms with Crippen LogP contribution in [0.4, 0.5) is 0 Å². The Kier molecular flexibility index (Phi) is 8.22. The standard InChI is InChI=1S/C23H30N4O3.HI/c1-2-24-23(25-16-19-18-7-4-3-6-17(18)9-10-20(19)28)27-13-11-26(12-14-27)22(29)21-8-5-15-30-21;/h5,8-10,15,28H,2-4,6-7,11-14,16H2,1H3,(H,24,25);1H. The molecule has 7 nitrogen and oxygen atoms in total. The van der Waals surface area contributed by atoms with E-state index in [-0.39, 0.29) is 29.9 Å². The van der Waals surface area contributed by atoms with Crippen molar-refractivity contribution in [1.82, 2.24) is 15.1 Å². The minimum absolute atomic E-state index is 0. The molecule has 1 amide bonds. The highest BCUT2D eigenvalue weighted by Crippen LogP contribution is 2.31. The van der Waals surface area contributed by atoms with Crippen molar-refractivity contribution in [2.24, 2.45) is 4.99 Å². The molecular formula is C23H31IN4O3. The lowest BCUT2D eigenvalue weighted by Gasteiger charge is -2.36. The van der Waals surface area contributed by atoms with Gasteiger partial charge in [-0.05, 0) is 61.9 Å².